The largest absolute Gasteiger partial charge is 0.490 e. The molecule has 0 fully saturated rings. The highest BCUT2D eigenvalue weighted by Gasteiger charge is 2.10. The first-order valence-corrected chi connectivity index (χ1v) is 10.0. The van der Waals surface area contributed by atoms with E-state index in [1.165, 1.54) is 12.1 Å². The van der Waals surface area contributed by atoms with E-state index < -0.39 is 0 Å². The van der Waals surface area contributed by atoms with E-state index in [0.29, 0.717) is 41.3 Å². The number of nitrogens with one attached hydrogen (secondary N) is 1. The molecule has 0 radical (unpaired) electrons. The monoisotopic (exact) mass is 429 g/mol. The Morgan fingerprint density at radius 1 is 1.00 bits per heavy atom. The highest BCUT2D eigenvalue weighted by Crippen LogP contribution is 2.29. The molecule has 0 aromatic heterocycles. The molecule has 0 aliphatic carbocycles. The van der Waals surface area contributed by atoms with Crippen molar-refractivity contribution in [1.29, 1.82) is 0 Å². The van der Waals surface area contributed by atoms with Crippen LogP contribution < -0.4 is 14.8 Å². The average molecular weight is 430 g/mol. The lowest BCUT2D eigenvalue weighted by atomic mass is 10.1. The molecule has 3 rings (SSSR count). The second-order valence-corrected chi connectivity index (χ2v) is 7.10. The lowest BCUT2D eigenvalue weighted by Gasteiger charge is -2.15. The van der Waals surface area contributed by atoms with E-state index in [2.05, 4.69) is 5.32 Å². The minimum absolute atomic E-state index is 0.272. The molecule has 0 bridgehead atoms. The maximum absolute atomic E-state index is 13.0. The van der Waals surface area contributed by atoms with Crippen LogP contribution in [0.4, 0.5) is 4.39 Å². The standard InChI is InChI=1S/C23H21ClFNO2S/c1-2-27-22-13-17(23(29)26-14-18-5-3-4-6-20(18)24)9-12-21(22)28-15-16-7-10-19(25)11-8-16/h3-13H,2,14-15H2,1H3,(H,26,29). The Hall–Kier alpha value is -2.63. The zero-order valence-corrected chi connectivity index (χ0v) is 17.5. The van der Waals surface area contributed by atoms with Crippen molar-refractivity contribution in [2.45, 2.75) is 20.1 Å². The van der Waals surface area contributed by atoms with Crippen LogP contribution in [0.25, 0.3) is 0 Å². The molecule has 0 saturated carbocycles. The van der Waals surface area contributed by atoms with E-state index in [9.17, 15) is 4.39 Å². The molecule has 29 heavy (non-hydrogen) atoms. The zero-order chi connectivity index (χ0) is 20.6. The average Bonchev–Trinajstić information content (AvgIpc) is 2.73. The summed E-state index contributed by atoms with van der Waals surface area (Å²) < 4.78 is 24.6. The van der Waals surface area contributed by atoms with Gasteiger partial charge in [0.1, 0.15) is 17.4 Å². The second-order valence-electron chi connectivity index (χ2n) is 6.28. The van der Waals surface area contributed by atoms with Crippen LogP contribution in [0.3, 0.4) is 0 Å². The van der Waals surface area contributed by atoms with Crippen LogP contribution in [-0.4, -0.2) is 11.6 Å². The Labute approximate surface area is 180 Å². The molecule has 3 nitrogen and oxygen atoms in total. The molecule has 3 aromatic carbocycles. The minimum Gasteiger partial charge on any atom is -0.490 e. The van der Waals surface area contributed by atoms with Crippen molar-refractivity contribution in [3.05, 3.63) is 94.3 Å². The van der Waals surface area contributed by atoms with Crippen molar-refractivity contribution >= 4 is 28.8 Å². The molecule has 0 atom stereocenters. The van der Waals surface area contributed by atoms with Crippen LogP contribution in [0.2, 0.25) is 5.02 Å². The maximum atomic E-state index is 13.0. The van der Waals surface area contributed by atoms with Crippen molar-refractivity contribution in [3.8, 4) is 11.5 Å². The van der Waals surface area contributed by atoms with Crippen molar-refractivity contribution in [2.75, 3.05) is 6.61 Å². The first-order valence-electron chi connectivity index (χ1n) is 9.22. The molecule has 1 N–H and O–H groups in total. The molecule has 150 valence electrons. The Bertz CT molecular complexity index is 979. The van der Waals surface area contributed by atoms with Gasteiger partial charge in [-0.3, -0.25) is 0 Å². The van der Waals surface area contributed by atoms with Crippen LogP contribution in [0.5, 0.6) is 11.5 Å². The number of benzene rings is 3. The van der Waals surface area contributed by atoms with E-state index in [1.54, 1.807) is 12.1 Å². The summed E-state index contributed by atoms with van der Waals surface area (Å²) in [5.74, 6) is 0.939. The van der Waals surface area contributed by atoms with Crippen molar-refractivity contribution in [3.63, 3.8) is 0 Å². The van der Waals surface area contributed by atoms with Crippen LogP contribution in [-0.2, 0) is 13.2 Å². The number of thiocarbonyl (C=S) groups is 1. The van der Waals surface area contributed by atoms with Gasteiger partial charge >= 0.3 is 0 Å². The normalized spacial score (nSPS) is 10.4. The number of hydrogen-bond acceptors (Lipinski definition) is 3. The number of hydrogen-bond donors (Lipinski definition) is 1. The highest BCUT2D eigenvalue weighted by molar-refractivity contribution is 7.80. The van der Waals surface area contributed by atoms with Crippen LogP contribution in [0, 0.1) is 5.82 Å². The summed E-state index contributed by atoms with van der Waals surface area (Å²) in [6.07, 6.45) is 0. The molecule has 0 saturated heterocycles. The van der Waals surface area contributed by atoms with Gasteiger partial charge in [0.25, 0.3) is 0 Å². The summed E-state index contributed by atoms with van der Waals surface area (Å²) in [7, 11) is 0. The van der Waals surface area contributed by atoms with Gasteiger partial charge in [0.2, 0.25) is 0 Å². The van der Waals surface area contributed by atoms with Crippen molar-refractivity contribution in [2.24, 2.45) is 0 Å². The fourth-order valence-corrected chi connectivity index (χ4v) is 3.10. The smallest absolute Gasteiger partial charge is 0.161 e. The van der Waals surface area contributed by atoms with E-state index in [1.807, 2.05) is 49.4 Å². The van der Waals surface area contributed by atoms with Crippen LogP contribution in [0.1, 0.15) is 23.6 Å². The zero-order valence-electron chi connectivity index (χ0n) is 16.0. The van der Waals surface area contributed by atoms with Gasteiger partial charge < -0.3 is 14.8 Å². The summed E-state index contributed by atoms with van der Waals surface area (Å²) in [4.78, 5) is 0.593. The molecule has 0 aliphatic heterocycles. The molecule has 0 spiro atoms. The Morgan fingerprint density at radius 2 is 1.76 bits per heavy atom. The summed E-state index contributed by atoms with van der Waals surface area (Å²) >= 11 is 11.7. The third-order valence-electron chi connectivity index (χ3n) is 4.21. The summed E-state index contributed by atoms with van der Waals surface area (Å²) in [5, 5.41) is 3.92. The summed E-state index contributed by atoms with van der Waals surface area (Å²) in [5.41, 5.74) is 2.67. The maximum Gasteiger partial charge on any atom is 0.161 e. The molecule has 3 aromatic rings. The van der Waals surface area contributed by atoms with E-state index in [0.717, 1.165) is 16.7 Å². The minimum atomic E-state index is -0.272. The van der Waals surface area contributed by atoms with Crippen molar-refractivity contribution in [1.82, 2.24) is 5.32 Å². The molecule has 0 aliphatic rings. The second kappa shape index (κ2) is 10.2. The van der Waals surface area contributed by atoms with Crippen LogP contribution in [0.15, 0.2) is 66.7 Å². The quantitative estimate of drug-likeness (QED) is 0.450. The SMILES string of the molecule is CCOc1cc(C(=S)NCc2ccccc2Cl)ccc1OCc1ccc(F)cc1. The van der Waals surface area contributed by atoms with Gasteiger partial charge in [-0.15, -0.1) is 0 Å². The third-order valence-corrected chi connectivity index (χ3v) is 4.96. The molecule has 6 heteroatoms. The summed E-state index contributed by atoms with van der Waals surface area (Å²) in [6, 6.07) is 19.4. The Kier molecular flexibility index (Phi) is 7.44. The Balaban J connectivity index is 1.68. The van der Waals surface area contributed by atoms with Gasteiger partial charge in [0.15, 0.2) is 11.5 Å². The van der Waals surface area contributed by atoms with Gasteiger partial charge in [-0.2, -0.15) is 0 Å². The lowest BCUT2D eigenvalue weighted by molar-refractivity contribution is 0.269. The molecule has 0 amide bonds. The molecule has 0 unspecified atom stereocenters. The first kappa shape index (κ1) is 21.1. The number of rotatable bonds is 8. The third kappa shape index (κ3) is 5.92. The fourth-order valence-electron chi connectivity index (χ4n) is 2.70. The number of halogens is 2. The highest BCUT2D eigenvalue weighted by atomic mass is 35.5. The van der Waals surface area contributed by atoms with Gasteiger partial charge in [-0.25, -0.2) is 4.39 Å². The predicted molar refractivity (Wildman–Crippen MR) is 118 cm³/mol. The summed E-state index contributed by atoms with van der Waals surface area (Å²) in [6.45, 7) is 3.25. The van der Waals surface area contributed by atoms with Gasteiger partial charge in [0, 0.05) is 17.1 Å². The molecular weight excluding hydrogens is 409 g/mol. The van der Waals surface area contributed by atoms with Gasteiger partial charge in [-0.1, -0.05) is 54.2 Å². The number of ether oxygens (including phenoxy) is 2. The van der Waals surface area contributed by atoms with Crippen LogP contribution >= 0.6 is 23.8 Å². The van der Waals surface area contributed by atoms with E-state index in [4.69, 9.17) is 33.3 Å². The molecule has 0 heterocycles. The van der Waals surface area contributed by atoms with Gasteiger partial charge in [-0.05, 0) is 54.4 Å². The van der Waals surface area contributed by atoms with E-state index in [-0.39, 0.29) is 5.82 Å². The Morgan fingerprint density at radius 3 is 2.48 bits per heavy atom. The predicted octanol–water partition coefficient (Wildman–Crippen LogP) is 5.92. The van der Waals surface area contributed by atoms with Crippen molar-refractivity contribution < 1.29 is 13.9 Å². The fraction of sp³-hybridized carbons (Fsp3) is 0.174. The first-order chi connectivity index (χ1) is 14.1. The van der Waals surface area contributed by atoms with Gasteiger partial charge in [0.05, 0.1) is 6.61 Å². The topological polar surface area (TPSA) is 30.5 Å². The lowest BCUT2D eigenvalue weighted by Crippen LogP contribution is -2.22. The molecular formula is C23H21ClFNO2S. The van der Waals surface area contributed by atoms with E-state index >= 15 is 0 Å².